The van der Waals surface area contributed by atoms with Crippen molar-refractivity contribution < 1.29 is 27.4 Å². The first-order valence-electron chi connectivity index (χ1n) is 9.89. The van der Waals surface area contributed by atoms with Gasteiger partial charge in [-0.3, -0.25) is 4.79 Å². The van der Waals surface area contributed by atoms with Crippen molar-refractivity contribution in [1.29, 1.82) is 0 Å². The van der Waals surface area contributed by atoms with E-state index in [0.29, 0.717) is 57.4 Å². The van der Waals surface area contributed by atoms with Crippen LogP contribution < -0.4 is 14.8 Å². The summed E-state index contributed by atoms with van der Waals surface area (Å²) < 4.78 is 43.2. The van der Waals surface area contributed by atoms with E-state index in [2.05, 4.69) is 5.32 Å². The molecule has 9 heteroatoms. The number of carbonyl (C=O) groups excluding carboxylic acids is 1. The van der Waals surface area contributed by atoms with E-state index in [-0.39, 0.29) is 10.8 Å². The Labute approximate surface area is 175 Å². The second-order valence-electron chi connectivity index (χ2n) is 7.05. The van der Waals surface area contributed by atoms with Crippen LogP contribution in [-0.2, 0) is 26.0 Å². The first kappa shape index (κ1) is 20.6. The fraction of sp³-hybridized carbons (Fsp3) is 0.381. The van der Waals surface area contributed by atoms with Crippen molar-refractivity contribution in [2.75, 3.05) is 44.8 Å². The number of aryl methyl sites for hydroxylation is 1. The maximum Gasteiger partial charge on any atom is 0.243 e. The maximum atomic E-state index is 12.6. The van der Waals surface area contributed by atoms with Crippen LogP contribution in [0.25, 0.3) is 0 Å². The molecule has 1 N–H and O–H groups in total. The summed E-state index contributed by atoms with van der Waals surface area (Å²) >= 11 is 0. The molecule has 0 aromatic heterocycles. The highest BCUT2D eigenvalue weighted by Crippen LogP contribution is 2.27. The Bertz CT molecular complexity index is 1000. The summed E-state index contributed by atoms with van der Waals surface area (Å²) in [6, 6.07) is 12.0. The van der Waals surface area contributed by atoms with E-state index in [4.69, 9.17) is 14.2 Å². The van der Waals surface area contributed by atoms with Gasteiger partial charge in [-0.2, -0.15) is 4.31 Å². The van der Waals surface area contributed by atoms with Gasteiger partial charge in [0.25, 0.3) is 0 Å². The van der Waals surface area contributed by atoms with Gasteiger partial charge in [0.1, 0.15) is 24.7 Å². The molecule has 0 atom stereocenters. The van der Waals surface area contributed by atoms with Crippen LogP contribution in [0.1, 0.15) is 12.0 Å². The smallest absolute Gasteiger partial charge is 0.243 e. The van der Waals surface area contributed by atoms with Crippen LogP contribution in [-0.4, -0.2) is 58.1 Å². The van der Waals surface area contributed by atoms with E-state index in [1.165, 1.54) is 4.31 Å². The molecule has 0 radical (unpaired) electrons. The minimum atomic E-state index is -3.51. The lowest BCUT2D eigenvalue weighted by molar-refractivity contribution is -0.116. The number of carbonyl (C=O) groups is 1. The molecule has 1 fully saturated rings. The monoisotopic (exact) mass is 432 g/mol. The van der Waals surface area contributed by atoms with E-state index in [0.717, 1.165) is 17.7 Å². The zero-order valence-corrected chi connectivity index (χ0v) is 17.3. The molecule has 1 saturated heterocycles. The van der Waals surface area contributed by atoms with Crippen molar-refractivity contribution in [2.24, 2.45) is 0 Å². The number of hydrogen-bond donors (Lipinski definition) is 1. The number of nitrogens with zero attached hydrogens (tertiary/aromatic N) is 1. The molecule has 2 aliphatic heterocycles. The van der Waals surface area contributed by atoms with Gasteiger partial charge in [-0.15, -0.1) is 0 Å². The van der Waals surface area contributed by atoms with Gasteiger partial charge in [-0.05, 0) is 42.3 Å². The molecule has 8 nitrogen and oxygen atoms in total. The molecule has 4 rings (SSSR count). The number of ether oxygens (including phenoxy) is 3. The molecule has 2 aliphatic rings. The highest BCUT2D eigenvalue weighted by Gasteiger charge is 2.26. The van der Waals surface area contributed by atoms with Crippen LogP contribution in [0.2, 0.25) is 0 Å². The van der Waals surface area contributed by atoms with Gasteiger partial charge < -0.3 is 19.5 Å². The first-order valence-corrected chi connectivity index (χ1v) is 11.3. The minimum Gasteiger partial charge on any atom is -0.490 e. The topological polar surface area (TPSA) is 94.2 Å². The molecule has 2 heterocycles. The lowest BCUT2D eigenvalue weighted by atomic mass is 10.0. The zero-order valence-electron chi connectivity index (χ0n) is 16.5. The summed E-state index contributed by atoms with van der Waals surface area (Å²) in [5.41, 5.74) is 1.90. The fourth-order valence-corrected chi connectivity index (χ4v) is 4.81. The van der Waals surface area contributed by atoms with Crippen LogP contribution in [0.5, 0.6) is 11.5 Å². The van der Waals surface area contributed by atoms with Crippen molar-refractivity contribution in [2.45, 2.75) is 17.7 Å². The molecule has 0 saturated carbocycles. The normalized spacial score (nSPS) is 17.1. The number of benzene rings is 2. The molecule has 0 aliphatic carbocycles. The van der Waals surface area contributed by atoms with Crippen molar-refractivity contribution in [3.63, 3.8) is 0 Å². The Kier molecular flexibility index (Phi) is 6.21. The average molecular weight is 432 g/mol. The lowest BCUT2D eigenvalue weighted by Gasteiger charge is -2.26. The Morgan fingerprint density at radius 2 is 1.60 bits per heavy atom. The van der Waals surface area contributed by atoms with Crippen LogP contribution in [0, 0.1) is 0 Å². The Balaban J connectivity index is 1.28. The van der Waals surface area contributed by atoms with Gasteiger partial charge >= 0.3 is 0 Å². The first-order chi connectivity index (χ1) is 14.5. The van der Waals surface area contributed by atoms with E-state index >= 15 is 0 Å². The summed E-state index contributed by atoms with van der Waals surface area (Å²) in [5, 5.41) is 2.85. The predicted molar refractivity (Wildman–Crippen MR) is 110 cm³/mol. The highest BCUT2D eigenvalue weighted by molar-refractivity contribution is 7.89. The van der Waals surface area contributed by atoms with Gasteiger partial charge in [0, 0.05) is 31.3 Å². The van der Waals surface area contributed by atoms with Crippen molar-refractivity contribution in [1.82, 2.24) is 4.31 Å². The zero-order chi connectivity index (χ0) is 21.0. The van der Waals surface area contributed by atoms with Crippen molar-refractivity contribution in [3.8, 4) is 11.5 Å². The van der Waals surface area contributed by atoms with Crippen LogP contribution in [0.4, 0.5) is 5.69 Å². The molecule has 30 heavy (non-hydrogen) atoms. The maximum absolute atomic E-state index is 12.6. The van der Waals surface area contributed by atoms with Gasteiger partial charge in [-0.25, -0.2) is 8.42 Å². The number of fused-ring (bicyclic) bond motifs is 1. The SMILES string of the molecule is O=C1CCc2ccc(OCCOc3ccc(S(=O)(=O)N4CCOCC4)cc3)cc2N1. The van der Waals surface area contributed by atoms with Crippen LogP contribution in [0.3, 0.4) is 0 Å². The molecule has 160 valence electrons. The molecule has 0 bridgehead atoms. The quantitative estimate of drug-likeness (QED) is 0.673. The number of rotatable bonds is 7. The summed E-state index contributed by atoms with van der Waals surface area (Å²) in [6.45, 7) is 2.18. The fourth-order valence-electron chi connectivity index (χ4n) is 3.40. The second kappa shape index (κ2) is 9.03. The van der Waals surface area contributed by atoms with E-state index in [9.17, 15) is 13.2 Å². The Morgan fingerprint density at radius 1 is 0.933 bits per heavy atom. The van der Waals surface area contributed by atoms with Crippen molar-refractivity contribution in [3.05, 3.63) is 48.0 Å². The summed E-state index contributed by atoms with van der Waals surface area (Å²) in [6.07, 6.45) is 1.25. The lowest BCUT2D eigenvalue weighted by Crippen LogP contribution is -2.40. The van der Waals surface area contributed by atoms with E-state index < -0.39 is 10.0 Å². The highest BCUT2D eigenvalue weighted by atomic mass is 32.2. The summed E-state index contributed by atoms with van der Waals surface area (Å²) in [4.78, 5) is 11.8. The van der Waals surface area contributed by atoms with Gasteiger partial charge in [0.2, 0.25) is 15.9 Å². The third-order valence-electron chi connectivity index (χ3n) is 5.03. The number of amides is 1. The Hall–Kier alpha value is -2.62. The van der Waals surface area contributed by atoms with Crippen LogP contribution in [0.15, 0.2) is 47.4 Å². The van der Waals surface area contributed by atoms with Gasteiger partial charge in [-0.1, -0.05) is 6.07 Å². The number of hydrogen-bond acceptors (Lipinski definition) is 6. The summed E-state index contributed by atoms with van der Waals surface area (Å²) in [7, 11) is -3.51. The second-order valence-corrected chi connectivity index (χ2v) is 8.99. The van der Waals surface area contributed by atoms with E-state index in [1.54, 1.807) is 24.3 Å². The summed E-state index contributed by atoms with van der Waals surface area (Å²) in [5.74, 6) is 1.24. The number of sulfonamides is 1. The number of anilines is 1. The van der Waals surface area contributed by atoms with Gasteiger partial charge in [0.05, 0.1) is 18.1 Å². The largest absolute Gasteiger partial charge is 0.490 e. The molecular formula is C21H24N2O6S. The van der Waals surface area contributed by atoms with Crippen molar-refractivity contribution >= 4 is 21.6 Å². The molecule has 2 aromatic carbocycles. The molecule has 1 amide bonds. The molecule has 2 aromatic rings. The predicted octanol–water partition coefficient (Wildman–Crippen LogP) is 2.05. The molecule has 0 spiro atoms. The standard InChI is InChI=1S/C21H24N2O6S/c24-21-8-2-16-1-3-18(15-20(16)22-21)29-14-13-28-17-4-6-19(7-5-17)30(25,26)23-9-11-27-12-10-23/h1,3-7,15H,2,8-14H2,(H,22,24). The number of morpholine rings is 1. The molecular weight excluding hydrogens is 408 g/mol. The molecule has 0 unspecified atom stereocenters. The number of nitrogens with one attached hydrogen (secondary N) is 1. The van der Waals surface area contributed by atoms with Crippen LogP contribution >= 0.6 is 0 Å². The third-order valence-corrected chi connectivity index (χ3v) is 6.94. The third kappa shape index (κ3) is 4.75. The average Bonchev–Trinajstić information content (AvgIpc) is 2.77. The Morgan fingerprint density at radius 3 is 2.33 bits per heavy atom. The van der Waals surface area contributed by atoms with E-state index in [1.807, 2.05) is 18.2 Å². The minimum absolute atomic E-state index is 0.0158. The van der Waals surface area contributed by atoms with Gasteiger partial charge in [0.15, 0.2) is 0 Å².